The molecule has 0 aromatic carbocycles. The molecule has 12 heavy (non-hydrogen) atoms. The van der Waals surface area contributed by atoms with Crippen molar-refractivity contribution in [3.63, 3.8) is 0 Å². The fourth-order valence-electron chi connectivity index (χ4n) is 0.554. The Labute approximate surface area is 78.7 Å². The zero-order valence-electron chi connectivity index (χ0n) is 9.12. The first kappa shape index (κ1) is 12.0. The van der Waals surface area contributed by atoms with Crippen molar-refractivity contribution in [2.24, 2.45) is 0 Å². The molecule has 0 radical (unpaired) electrons. The van der Waals surface area contributed by atoms with E-state index in [4.69, 9.17) is 4.43 Å². The quantitative estimate of drug-likeness (QED) is 0.492. The Morgan fingerprint density at radius 2 is 1.50 bits per heavy atom. The summed E-state index contributed by atoms with van der Waals surface area (Å²) in [6.07, 6.45) is 0. The number of rotatable bonds is 2. The van der Waals surface area contributed by atoms with E-state index in [9.17, 15) is 0 Å². The van der Waals surface area contributed by atoms with E-state index in [1.165, 1.54) is 0 Å². The van der Waals surface area contributed by atoms with E-state index in [1.807, 2.05) is 0 Å². The standard InChI is InChI=1S/C9H20OSi2/c1-11(2,3)9-7-8-10-12(4,5)6/h8H2,1-6H3. The molecule has 1 nitrogen and oxygen atoms in total. The Hall–Kier alpha value is -0.0462. The second-order valence-corrected chi connectivity index (χ2v) is 14.2. The number of hydrogen-bond acceptors (Lipinski definition) is 1. The Bertz CT molecular complexity index is 187. The molecule has 0 spiro atoms. The van der Waals surface area contributed by atoms with Crippen LogP contribution in [0.4, 0.5) is 0 Å². The van der Waals surface area contributed by atoms with Gasteiger partial charge in [-0.15, -0.1) is 5.54 Å². The molecule has 0 aliphatic heterocycles. The molecule has 3 heteroatoms. The van der Waals surface area contributed by atoms with Crippen LogP contribution in [-0.4, -0.2) is 23.0 Å². The van der Waals surface area contributed by atoms with Crippen LogP contribution >= 0.6 is 0 Å². The topological polar surface area (TPSA) is 9.23 Å². The summed E-state index contributed by atoms with van der Waals surface area (Å²) in [6.45, 7) is 13.9. The Kier molecular flexibility index (Phi) is 4.25. The van der Waals surface area contributed by atoms with Crippen LogP contribution in [-0.2, 0) is 4.43 Å². The van der Waals surface area contributed by atoms with E-state index in [0.717, 1.165) is 0 Å². The van der Waals surface area contributed by atoms with E-state index in [1.54, 1.807) is 0 Å². The summed E-state index contributed by atoms with van der Waals surface area (Å²) in [7, 11) is -2.52. The van der Waals surface area contributed by atoms with Gasteiger partial charge < -0.3 is 4.43 Å². The van der Waals surface area contributed by atoms with Crippen LogP contribution < -0.4 is 0 Å². The van der Waals surface area contributed by atoms with E-state index >= 15 is 0 Å². The fraction of sp³-hybridized carbons (Fsp3) is 0.778. The lowest BCUT2D eigenvalue weighted by molar-refractivity contribution is 0.365. The van der Waals surface area contributed by atoms with E-state index in [2.05, 4.69) is 50.7 Å². The van der Waals surface area contributed by atoms with Gasteiger partial charge in [-0.05, 0) is 19.6 Å². The molecule has 70 valence electrons. The minimum atomic E-state index is -1.34. The molecule has 0 aliphatic rings. The smallest absolute Gasteiger partial charge is 0.185 e. The maximum atomic E-state index is 5.61. The molecule has 0 aliphatic carbocycles. The van der Waals surface area contributed by atoms with Gasteiger partial charge in [0.1, 0.15) is 8.07 Å². The van der Waals surface area contributed by atoms with Crippen LogP contribution in [0, 0.1) is 11.5 Å². The minimum Gasteiger partial charge on any atom is -0.407 e. The van der Waals surface area contributed by atoms with Crippen molar-refractivity contribution in [2.45, 2.75) is 39.3 Å². The maximum Gasteiger partial charge on any atom is 0.185 e. The van der Waals surface area contributed by atoms with Crippen molar-refractivity contribution < 1.29 is 4.43 Å². The molecule has 0 heterocycles. The molecule has 0 amide bonds. The monoisotopic (exact) mass is 200 g/mol. The predicted octanol–water partition coefficient (Wildman–Crippen LogP) is 2.72. The molecule has 0 bridgehead atoms. The fourth-order valence-corrected chi connectivity index (χ4v) is 1.66. The van der Waals surface area contributed by atoms with E-state index < -0.39 is 16.4 Å². The Morgan fingerprint density at radius 3 is 1.83 bits per heavy atom. The molecule has 0 aromatic rings. The largest absolute Gasteiger partial charge is 0.407 e. The highest BCUT2D eigenvalue weighted by atomic mass is 28.4. The average molecular weight is 200 g/mol. The van der Waals surface area contributed by atoms with Crippen molar-refractivity contribution >= 4 is 16.4 Å². The molecule has 0 saturated heterocycles. The first-order chi connectivity index (χ1) is 5.21. The molecular formula is C9H20OSi2. The first-order valence-corrected chi connectivity index (χ1v) is 11.3. The van der Waals surface area contributed by atoms with Gasteiger partial charge in [-0.1, -0.05) is 25.6 Å². The van der Waals surface area contributed by atoms with Crippen LogP contribution in [0.2, 0.25) is 39.3 Å². The normalized spacial score (nSPS) is 12.2. The van der Waals surface area contributed by atoms with Crippen molar-refractivity contribution in [3.8, 4) is 11.5 Å². The van der Waals surface area contributed by atoms with Gasteiger partial charge in [0.2, 0.25) is 0 Å². The summed E-state index contributed by atoms with van der Waals surface area (Å²) in [5.41, 5.74) is 3.28. The van der Waals surface area contributed by atoms with Gasteiger partial charge in [0.05, 0.1) is 6.61 Å². The zero-order valence-corrected chi connectivity index (χ0v) is 11.1. The average Bonchev–Trinajstić information content (AvgIpc) is 1.76. The van der Waals surface area contributed by atoms with Crippen molar-refractivity contribution in [1.29, 1.82) is 0 Å². The van der Waals surface area contributed by atoms with Crippen LogP contribution in [0.15, 0.2) is 0 Å². The van der Waals surface area contributed by atoms with Crippen LogP contribution in [0.1, 0.15) is 0 Å². The third-order valence-corrected chi connectivity index (χ3v) is 2.98. The molecule has 0 aromatic heterocycles. The Morgan fingerprint density at radius 1 is 1.00 bits per heavy atom. The summed E-state index contributed by atoms with van der Waals surface area (Å²) in [4.78, 5) is 0. The third kappa shape index (κ3) is 9.95. The Balaban J connectivity index is 3.75. The second-order valence-electron chi connectivity index (χ2n) is 4.95. The van der Waals surface area contributed by atoms with Gasteiger partial charge in [0.25, 0.3) is 0 Å². The molecule has 0 rings (SSSR count). The van der Waals surface area contributed by atoms with Crippen LogP contribution in [0.5, 0.6) is 0 Å². The summed E-state index contributed by atoms with van der Waals surface area (Å²) in [5.74, 6) is 3.11. The highest BCUT2D eigenvalue weighted by molar-refractivity contribution is 6.83. The lowest BCUT2D eigenvalue weighted by atomic mass is 10.8. The molecule has 0 unspecified atom stereocenters. The molecule has 0 fully saturated rings. The summed E-state index contributed by atoms with van der Waals surface area (Å²) < 4.78 is 5.61. The van der Waals surface area contributed by atoms with Crippen molar-refractivity contribution in [1.82, 2.24) is 0 Å². The molecule has 0 atom stereocenters. The van der Waals surface area contributed by atoms with Gasteiger partial charge in [-0.2, -0.15) is 0 Å². The number of hydrogen-bond donors (Lipinski definition) is 0. The summed E-state index contributed by atoms with van der Waals surface area (Å²) in [5, 5.41) is 0. The third-order valence-electron chi connectivity index (χ3n) is 1.04. The molecule has 0 saturated carbocycles. The van der Waals surface area contributed by atoms with Gasteiger partial charge >= 0.3 is 0 Å². The first-order valence-electron chi connectivity index (χ1n) is 4.35. The highest BCUT2D eigenvalue weighted by Crippen LogP contribution is 2.01. The minimum absolute atomic E-state index is 0.625. The summed E-state index contributed by atoms with van der Waals surface area (Å²) in [6, 6.07) is 0. The lowest BCUT2D eigenvalue weighted by Crippen LogP contribution is -2.25. The maximum absolute atomic E-state index is 5.61. The van der Waals surface area contributed by atoms with Crippen molar-refractivity contribution in [2.75, 3.05) is 6.61 Å². The highest BCUT2D eigenvalue weighted by Gasteiger charge is 2.12. The zero-order chi connectivity index (χ0) is 9.83. The second kappa shape index (κ2) is 4.26. The van der Waals surface area contributed by atoms with Crippen molar-refractivity contribution in [3.05, 3.63) is 0 Å². The van der Waals surface area contributed by atoms with Gasteiger partial charge in [-0.25, -0.2) is 0 Å². The van der Waals surface area contributed by atoms with Gasteiger partial charge in [0, 0.05) is 0 Å². The predicted molar refractivity (Wildman–Crippen MR) is 60.4 cm³/mol. The lowest BCUT2D eigenvalue weighted by Gasteiger charge is -2.14. The van der Waals surface area contributed by atoms with E-state index in [0.29, 0.717) is 6.61 Å². The van der Waals surface area contributed by atoms with Crippen LogP contribution in [0.25, 0.3) is 0 Å². The molecule has 0 N–H and O–H groups in total. The molecular weight excluding hydrogens is 180 g/mol. The van der Waals surface area contributed by atoms with Crippen LogP contribution in [0.3, 0.4) is 0 Å². The summed E-state index contributed by atoms with van der Waals surface area (Å²) >= 11 is 0. The van der Waals surface area contributed by atoms with Gasteiger partial charge in [0.15, 0.2) is 8.32 Å². The van der Waals surface area contributed by atoms with Gasteiger partial charge in [-0.3, -0.25) is 0 Å². The SMILES string of the molecule is C[Si](C)(C)C#CCO[Si](C)(C)C. The van der Waals surface area contributed by atoms with E-state index in [-0.39, 0.29) is 0 Å².